The van der Waals surface area contributed by atoms with Crippen molar-refractivity contribution in [3.8, 4) is 0 Å². The number of hydrogen-bond acceptors (Lipinski definition) is 6. The maximum absolute atomic E-state index is 11.5. The highest BCUT2D eigenvalue weighted by atomic mass is 16.5. The summed E-state index contributed by atoms with van der Waals surface area (Å²) in [4.78, 5) is 15.5. The maximum Gasteiger partial charge on any atom is 0.338 e. The van der Waals surface area contributed by atoms with Gasteiger partial charge in [0, 0.05) is 5.69 Å². The summed E-state index contributed by atoms with van der Waals surface area (Å²) in [5.74, 6) is 0.808. The molecule has 0 atom stereocenters. The Morgan fingerprint density at radius 1 is 1.37 bits per heavy atom. The molecule has 0 radical (unpaired) electrons. The minimum absolute atomic E-state index is 0.318. The predicted molar refractivity (Wildman–Crippen MR) is 68.8 cm³/mol. The van der Waals surface area contributed by atoms with Crippen molar-refractivity contribution in [2.45, 2.75) is 20.4 Å². The third-order valence-electron chi connectivity index (χ3n) is 2.41. The first-order chi connectivity index (χ1) is 9.19. The van der Waals surface area contributed by atoms with Crippen LogP contribution in [0.3, 0.4) is 0 Å². The number of nitrogens with one attached hydrogen (secondary N) is 1. The average molecular weight is 261 g/mol. The van der Waals surface area contributed by atoms with Crippen molar-refractivity contribution in [3.63, 3.8) is 0 Å². The van der Waals surface area contributed by atoms with E-state index in [-0.39, 0.29) is 5.97 Å². The minimum atomic E-state index is -0.318. The number of hydrogen-bond donors (Lipinski definition) is 1. The molecule has 6 heteroatoms. The molecular formula is C13H15N3O3. The van der Waals surface area contributed by atoms with E-state index in [1.807, 2.05) is 0 Å². The Labute approximate surface area is 110 Å². The van der Waals surface area contributed by atoms with E-state index in [0.717, 1.165) is 5.69 Å². The van der Waals surface area contributed by atoms with E-state index in [2.05, 4.69) is 15.5 Å². The number of aromatic nitrogens is 2. The normalized spacial score (nSPS) is 10.2. The first kappa shape index (κ1) is 13.1. The van der Waals surface area contributed by atoms with Crippen LogP contribution in [0, 0.1) is 6.92 Å². The second kappa shape index (κ2) is 5.99. The Kier molecular flexibility index (Phi) is 4.12. The maximum atomic E-state index is 11.5. The minimum Gasteiger partial charge on any atom is -0.462 e. The lowest BCUT2D eigenvalue weighted by atomic mass is 10.2. The largest absolute Gasteiger partial charge is 0.462 e. The summed E-state index contributed by atoms with van der Waals surface area (Å²) in [7, 11) is 0. The zero-order chi connectivity index (χ0) is 13.7. The van der Waals surface area contributed by atoms with Crippen molar-refractivity contribution >= 4 is 11.7 Å². The van der Waals surface area contributed by atoms with E-state index in [0.29, 0.717) is 30.4 Å². The Balaban J connectivity index is 1.93. The van der Waals surface area contributed by atoms with Gasteiger partial charge < -0.3 is 14.6 Å². The number of aryl methyl sites for hydroxylation is 1. The van der Waals surface area contributed by atoms with Gasteiger partial charge in [-0.15, -0.1) is 0 Å². The van der Waals surface area contributed by atoms with Crippen LogP contribution in [-0.4, -0.2) is 22.7 Å². The van der Waals surface area contributed by atoms with Gasteiger partial charge in [0.1, 0.15) is 0 Å². The number of esters is 1. The van der Waals surface area contributed by atoms with Crippen LogP contribution in [0.2, 0.25) is 0 Å². The quantitative estimate of drug-likeness (QED) is 0.831. The monoisotopic (exact) mass is 261 g/mol. The van der Waals surface area contributed by atoms with Gasteiger partial charge in [-0.3, -0.25) is 0 Å². The fourth-order valence-corrected chi connectivity index (χ4v) is 1.53. The highest BCUT2D eigenvalue weighted by Crippen LogP contribution is 2.11. The van der Waals surface area contributed by atoms with Crippen LogP contribution in [0.15, 0.2) is 28.8 Å². The Bertz CT molecular complexity index is 549. The topological polar surface area (TPSA) is 77.2 Å². The highest BCUT2D eigenvalue weighted by Gasteiger charge is 2.06. The molecule has 1 aromatic heterocycles. The lowest BCUT2D eigenvalue weighted by Crippen LogP contribution is -2.05. The first-order valence-electron chi connectivity index (χ1n) is 5.99. The van der Waals surface area contributed by atoms with Crippen molar-refractivity contribution in [2.24, 2.45) is 0 Å². The van der Waals surface area contributed by atoms with Crippen LogP contribution in [0.1, 0.15) is 29.0 Å². The highest BCUT2D eigenvalue weighted by molar-refractivity contribution is 5.89. The molecule has 100 valence electrons. The molecule has 0 spiro atoms. The third-order valence-corrected chi connectivity index (χ3v) is 2.41. The second-order valence-corrected chi connectivity index (χ2v) is 3.89. The number of rotatable bonds is 5. The van der Waals surface area contributed by atoms with Gasteiger partial charge in [0.05, 0.1) is 18.7 Å². The molecule has 0 aliphatic carbocycles. The van der Waals surface area contributed by atoms with Gasteiger partial charge in [-0.1, -0.05) is 5.16 Å². The summed E-state index contributed by atoms with van der Waals surface area (Å²) in [5, 5.41) is 6.82. The van der Waals surface area contributed by atoms with E-state index < -0.39 is 0 Å². The number of ether oxygens (including phenoxy) is 1. The van der Waals surface area contributed by atoms with Gasteiger partial charge in [0.15, 0.2) is 5.82 Å². The van der Waals surface area contributed by atoms with Gasteiger partial charge >= 0.3 is 5.97 Å². The van der Waals surface area contributed by atoms with Crippen molar-refractivity contribution in [2.75, 3.05) is 11.9 Å². The molecule has 1 heterocycles. The summed E-state index contributed by atoms with van der Waals surface area (Å²) >= 11 is 0. The lowest BCUT2D eigenvalue weighted by molar-refractivity contribution is 0.0526. The predicted octanol–water partition coefficient (Wildman–Crippen LogP) is 2.17. The zero-order valence-electron chi connectivity index (χ0n) is 10.8. The molecule has 0 unspecified atom stereocenters. The fourth-order valence-electron chi connectivity index (χ4n) is 1.53. The molecule has 1 N–H and O–H groups in total. The summed E-state index contributed by atoms with van der Waals surface area (Å²) in [6, 6.07) is 7.02. The number of benzene rings is 1. The van der Waals surface area contributed by atoms with Crippen molar-refractivity contribution < 1.29 is 14.1 Å². The molecule has 0 saturated heterocycles. The molecule has 2 rings (SSSR count). The van der Waals surface area contributed by atoms with Crippen molar-refractivity contribution in [1.29, 1.82) is 0 Å². The van der Waals surface area contributed by atoms with Gasteiger partial charge in [0.25, 0.3) is 0 Å². The molecule has 0 aliphatic rings. The van der Waals surface area contributed by atoms with Crippen LogP contribution in [0.25, 0.3) is 0 Å². The van der Waals surface area contributed by atoms with E-state index in [1.54, 1.807) is 38.1 Å². The standard InChI is InChI=1S/C13H15N3O3/c1-3-18-13(17)10-4-6-11(7-5-10)14-8-12-15-9(2)16-19-12/h4-7,14H,3,8H2,1-2H3. The van der Waals surface area contributed by atoms with E-state index in [1.165, 1.54) is 0 Å². The average Bonchev–Trinajstić information content (AvgIpc) is 2.83. The van der Waals surface area contributed by atoms with Crippen LogP contribution in [0.4, 0.5) is 5.69 Å². The van der Waals surface area contributed by atoms with Crippen LogP contribution in [0.5, 0.6) is 0 Å². The Morgan fingerprint density at radius 2 is 2.11 bits per heavy atom. The lowest BCUT2D eigenvalue weighted by Gasteiger charge is -2.05. The molecule has 0 amide bonds. The van der Waals surface area contributed by atoms with Crippen LogP contribution < -0.4 is 5.32 Å². The van der Waals surface area contributed by atoms with Gasteiger partial charge in [-0.05, 0) is 38.1 Å². The molecule has 0 bridgehead atoms. The molecule has 1 aromatic carbocycles. The van der Waals surface area contributed by atoms with Crippen molar-refractivity contribution in [1.82, 2.24) is 10.1 Å². The third kappa shape index (κ3) is 3.54. The van der Waals surface area contributed by atoms with Gasteiger partial charge in [0.2, 0.25) is 5.89 Å². The summed E-state index contributed by atoms with van der Waals surface area (Å²) < 4.78 is 9.89. The number of carbonyl (C=O) groups is 1. The van der Waals surface area contributed by atoms with Crippen LogP contribution >= 0.6 is 0 Å². The summed E-state index contributed by atoms with van der Waals surface area (Å²) in [6.45, 7) is 4.36. The molecule has 0 aliphatic heterocycles. The smallest absolute Gasteiger partial charge is 0.338 e. The van der Waals surface area contributed by atoms with E-state index in [9.17, 15) is 4.79 Å². The van der Waals surface area contributed by atoms with Gasteiger partial charge in [-0.25, -0.2) is 4.79 Å². The molecule has 2 aromatic rings. The van der Waals surface area contributed by atoms with Crippen LogP contribution in [-0.2, 0) is 11.3 Å². The van der Waals surface area contributed by atoms with Gasteiger partial charge in [-0.2, -0.15) is 4.98 Å². The number of carbonyl (C=O) groups excluding carboxylic acids is 1. The van der Waals surface area contributed by atoms with Crippen molar-refractivity contribution in [3.05, 3.63) is 41.5 Å². The molecule has 19 heavy (non-hydrogen) atoms. The Hall–Kier alpha value is -2.37. The number of nitrogens with zero attached hydrogens (tertiary/aromatic N) is 2. The fraction of sp³-hybridized carbons (Fsp3) is 0.308. The number of anilines is 1. The zero-order valence-corrected chi connectivity index (χ0v) is 10.8. The summed E-state index contributed by atoms with van der Waals surface area (Å²) in [5.41, 5.74) is 1.39. The molecule has 0 saturated carbocycles. The molecule has 6 nitrogen and oxygen atoms in total. The summed E-state index contributed by atoms with van der Waals surface area (Å²) in [6.07, 6.45) is 0. The first-order valence-corrected chi connectivity index (χ1v) is 5.99. The molecular weight excluding hydrogens is 246 g/mol. The van der Waals surface area contributed by atoms with E-state index >= 15 is 0 Å². The SMILES string of the molecule is CCOC(=O)c1ccc(NCc2nc(C)no2)cc1. The second-order valence-electron chi connectivity index (χ2n) is 3.89. The van der Waals surface area contributed by atoms with E-state index in [4.69, 9.17) is 9.26 Å². The Morgan fingerprint density at radius 3 is 2.68 bits per heavy atom. The molecule has 0 fully saturated rings.